The van der Waals surface area contributed by atoms with E-state index in [-0.39, 0.29) is 5.56 Å². The van der Waals surface area contributed by atoms with Gasteiger partial charge in [-0.1, -0.05) is 54.2 Å². The Morgan fingerprint density at radius 1 is 0.931 bits per heavy atom. The molecule has 0 aliphatic rings. The SMILES string of the molecule is COc1ccc(CSc2nc(SC)nc(SCc3ccccc3)c2C(=O)O)cc1. The maximum Gasteiger partial charge on any atom is 0.341 e. The Balaban J connectivity index is 1.85. The summed E-state index contributed by atoms with van der Waals surface area (Å²) >= 11 is 4.24. The summed E-state index contributed by atoms with van der Waals surface area (Å²) in [5, 5.41) is 11.4. The van der Waals surface area contributed by atoms with Crippen LogP contribution in [0.5, 0.6) is 5.75 Å². The van der Waals surface area contributed by atoms with Crippen molar-refractivity contribution < 1.29 is 14.6 Å². The van der Waals surface area contributed by atoms with E-state index in [9.17, 15) is 9.90 Å². The molecule has 150 valence electrons. The Hall–Kier alpha value is -2.16. The van der Waals surface area contributed by atoms with Gasteiger partial charge in [0.15, 0.2) is 5.16 Å². The molecule has 0 amide bonds. The van der Waals surface area contributed by atoms with E-state index in [4.69, 9.17) is 4.74 Å². The number of hydrogen-bond acceptors (Lipinski definition) is 7. The maximum atomic E-state index is 12.0. The second kappa shape index (κ2) is 10.6. The molecule has 3 rings (SSSR count). The maximum absolute atomic E-state index is 12.0. The van der Waals surface area contributed by atoms with Crippen molar-refractivity contribution in [3.63, 3.8) is 0 Å². The lowest BCUT2D eigenvalue weighted by molar-refractivity contribution is 0.0686. The molecule has 0 aliphatic carbocycles. The zero-order valence-electron chi connectivity index (χ0n) is 16.0. The third kappa shape index (κ3) is 5.91. The third-order valence-corrected chi connectivity index (χ3v) is 6.61. The minimum atomic E-state index is -1.01. The van der Waals surface area contributed by atoms with E-state index in [1.54, 1.807) is 7.11 Å². The Bertz CT molecular complexity index is 967. The molecule has 1 N–H and O–H groups in total. The first-order valence-corrected chi connectivity index (χ1v) is 11.9. The molecule has 0 fully saturated rings. The van der Waals surface area contributed by atoms with Crippen molar-refractivity contribution in [1.29, 1.82) is 0 Å². The highest BCUT2D eigenvalue weighted by molar-refractivity contribution is 7.99. The quantitative estimate of drug-likeness (QED) is 0.264. The first-order valence-electron chi connectivity index (χ1n) is 8.72. The Morgan fingerprint density at radius 3 is 1.97 bits per heavy atom. The lowest BCUT2D eigenvalue weighted by Crippen LogP contribution is -2.07. The highest BCUT2D eigenvalue weighted by atomic mass is 32.2. The van der Waals surface area contributed by atoms with Crippen LogP contribution in [-0.4, -0.2) is 34.4 Å². The van der Waals surface area contributed by atoms with Gasteiger partial charge in [0, 0.05) is 11.5 Å². The Morgan fingerprint density at radius 2 is 1.48 bits per heavy atom. The summed E-state index contributed by atoms with van der Waals surface area (Å²) in [6, 6.07) is 17.6. The second-order valence-electron chi connectivity index (χ2n) is 5.91. The van der Waals surface area contributed by atoms with Gasteiger partial charge in [-0.25, -0.2) is 14.8 Å². The number of thioether (sulfide) groups is 3. The molecule has 5 nitrogen and oxygen atoms in total. The topological polar surface area (TPSA) is 72.3 Å². The zero-order valence-corrected chi connectivity index (χ0v) is 18.4. The molecule has 29 heavy (non-hydrogen) atoms. The molecule has 3 aromatic rings. The molecule has 1 aromatic heterocycles. The van der Waals surface area contributed by atoms with E-state index in [1.807, 2.05) is 60.9 Å². The van der Waals surface area contributed by atoms with Gasteiger partial charge in [-0.2, -0.15) is 0 Å². The monoisotopic (exact) mass is 444 g/mol. The fourth-order valence-electron chi connectivity index (χ4n) is 2.48. The van der Waals surface area contributed by atoms with Crippen molar-refractivity contribution >= 4 is 41.3 Å². The summed E-state index contributed by atoms with van der Waals surface area (Å²) in [4.78, 5) is 21.0. The lowest BCUT2D eigenvalue weighted by Gasteiger charge is -2.12. The lowest BCUT2D eigenvalue weighted by atomic mass is 10.2. The minimum Gasteiger partial charge on any atom is -0.497 e. The number of ether oxygens (including phenoxy) is 1. The van der Waals surface area contributed by atoms with Crippen molar-refractivity contribution in [3.05, 3.63) is 71.3 Å². The van der Waals surface area contributed by atoms with E-state index in [0.29, 0.717) is 26.7 Å². The smallest absolute Gasteiger partial charge is 0.341 e. The number of benzene rings is 2. The number of carbonyl (C=O) groups is 1. The highest BCUT2D eigenvalue weighted by Crippen LogP contribution is 2.34. The fourth-order valence-corrected chi connectivity index (χ4v) is 4.98. The predicted molar refractivity (Wildman–Crippen MR) is 119 cm³/mol. The van der Waals surface area contributed by atoms with Crippen molar-refractivity contribution in [2.24, 2.45) is 0 Å². The van der Waals surface area contributed by atoms with Crippen LogP contribution in [-0.2, 0) is 11.5 Å². The summed E-state index contributed by atoms with van der Waals surface area (Å²) in [7, 11) is 1.63. The van der Waals surface area contributed by atoms with Gasteiger partial charge in [0.1, 0.15) is 21.4 Å². The molecule has 0 atom stereocenters. The van der Waals surface area contributed by atoms with Crippen LogP contribution in [0.4, 0.5) is 0 Å². The molecule has 8 heteroatoms. The van der Waals surface area contributed by atoms with Crippen LogP contribution in [0.2, 0.25) is 0 Å². The van der Waals surface area contributed by atoms with Crippen LogP contribution in [0.3, 0.4) is 0 Å². The average molecular weight is 445 g/mol. The number of aromatic carboxylic acids is 1. The van der Waals surface area contributed by atoms with E-state index in [1.165, 1.54) is 35.3 Å². The molecule has 1 heterocycles. The number of methoxy groups -OCH3 is 1. The molecule has 0 unspecified atom stereocenters. The largest absolute Gasteiger partial charge is 0.497 e. The van der Waals surface area contributed by atoms with Crippen LogP contribution in [0.15, 0.2) is 69.8 Å². The minimum absolute atomic E-state index is 0.169. The average Bonchev–Trinajstić information content (AvgIpc) is 2.76. The Labute approximate surface area is 182 Å². The summed E-state index contributed by atoms with van der Waals surface area (Å²) in [5.74, 6) is 1.04. The third-order valence-electron chi connectivity index (χ3n) is 3.97. The zero-order chi connectivity index (χ0) is 20.6. The number of carboxylic acids is 1. The predicted octanol–water partition coefficient (Wildman–Crippen LogP) is 5.49. The fraction of sp³-hybridized carbons (Fsp3) is 0.190. The molecular weight excluding hydrogens is 424 g/mol. The number of carboxylic acid groups (broad SMARTS) is 1. The molecular formula is C21H20N2O3S3. The summed E-state index contributed by atoms with van der Waals surface area (Å²) in [6.07, 6.45) is 1.89. The Kier molecular flexibility index (Phi) is 7.85. The van der Waals surface area contributed by atoms with Gasteiger partial charge in [-0.05, 0) is 29.5 Å². The summed E-state index contributed by atoms with van der Waals surface area (Å²) in [6.45, 7) is 0. The first kappa shape index (κ1) is 21.5. The van der Waals surface area contributed by atoms with Gasteiger partial charge in [0.05, 0.1) is 7.11 Å². The van der Waals surface area contributed by atoms with Crippen LogP contribution in [0.25, 0.3) is 0 Å². The van der Waals surface area contributed by atoms with Gasteiger partial charge in [0.2, 0.25) is 0 Å². The van der Waals surface area contributed by atoms with Crippen molar-refractivity contribution in [2.75, 3.05) is 13.4 Å². The van der Waals surface area contributed by atoms with Gasteiger partial charge in [0.25, 0.3) is 0 Å². The van der Waals surface area contributed by atoms with Gasteiger partial charge in [-0.15, -0.1) is 23.5 Å². The molecule has 0 aliphatic heterocycles. The van der Waals surface area contributed by atoms with Gasteiger partial charge >= 0.3 is 5.97 Å². The van der Waals surface area contributed by atoms with Crippen LogP contribution in [0, 0.1) is 0 Å². The van der Waals surface area contributed by atoms with E-state index >= 15 is 0 Å². The van der Waals surface area contributed by atoms with Crippen molar-refractivity contribution in [1.82, 2.24) is 9.97 Å². The van der Waals surface area contributed by atoms with E-state index < -0.39 is 5.97 Å². The standard InChI is InChI=1S/C21H20N2O3S3/c1-26-16-10-8-15(9-11-16)13-29-19-17(20(24)25)18(22-21(23-19)27-2)28-12-14-6-4-3-5-7-14/h3-11H,12-13H2,1-2H3,(H,24,25). The van der Waals surface area contributed by atoms with Crippen molar-refractivity contribution in [2.45, 2.75) is 26.7 Å². The molecule has 0 bridgehead atoms. The van der Waals surface area contributed by atoms with E-state index in [2.05, 4.69) is 9.97 Å². The number of aromatic nitrogens is 2. The van der Waals surface area contributed by atoms with Crippen molar-refractivity contribution in [3.8, 4) is 5.75 Å². The van der Waals surface area contributed by atoms with E-state index in [0.717, 1.165) is 16.9 Å². The van der Waals surface area contributed by atoms with Gasteiger partial charge in [-0.3, -0.25) is 0 Å². The first-order chi connectivity index (χ1) is 14.1. The van der Waals surface area contributed by atoms with Crippen LogP contribution < -0.4 is 4.74 Å². The number of rotatable bonds is 9. The summed E-state index contributed by atoms with van der Waals surface area (Å²) < 4.78 is 5.18. The molecule has 0 spiro atoms. The van der Waals surface area contributed by atoms with Crippen LogP contribution in [0.1, 0.15) is 21.5 Å². The normalized spacial score (nSPS) is 10.7. The number of nitrogens with zero attached hydrogens (tertiary/aromatic N) is 2. The molecule has 0 saturated heterocycles. The second-order valence-corrected chi connectivity index (χ2v) is 8.61. The summed E-state index contributed by atoms with van der Waals surface area (Å²) in [5.41, 5.74) is 2.35. The number of hydrogen-bond donors (Lipinski definition) is 1. The highest BCUT2D eigenvalue weighted by Gasteiger charge is 2.21. The molecule has 0 radical (unpaired) electrons. The van der Waals surface area contributed by atoms with Crippen LogP contribution >= 0.6 is 35.3 Å². The van der Waals surface area contributed by atoms with Gasteiger partial charge < -0.3 is 9.84 Å². The molecule has 0 saturated carbocycles. The molecule has 2 aromatic carbocycles.